The van der Waals surface area contributed by atoms with Gasteiger partial charge in [-0.1, -0.05) is 18.2 Å². The molecule has 0 fully saturated rings. The Morgan fingerprint density at radius 1 is 1.08 bits per heavy atom. The van der Waals surface area contributed by atoms with E-state index >= 15 is 0 Å². The van der Waals surface area contributed by atoms with Crippen molar-refractivity contribution in [2.45, 2.75) is 25.8 Å². The molecule has 0 saturated carbocycles. The number of benzene rings is 2. The molecule has 0 radical (unpaired) electrons. The Morgan fingerprint density at radius 2 is 1.76 bits per heavy atom. The number of rotatable bonds is 6. The van der Waals surface area contributed by atoms with E-state index in [1.54, 1.807) is 24.3 Å². The first-order chi connectivity index (χ1) is 11.8. The van der Waals surface area contributed by atoms with Crippen LogP contribution in [0.4, 0.5) is 19.3 Å². The highest BCUT2D eigenvalue weighted by molar-refractivity contribution is 5.87. The largest absolute Gasteiger partial charge is 0.351 e. The van der Waals surface area contributed by atoms with Gasteiger partial charge in [0.15, 0.2) is 11.6 Å². The lowest BCUT2D eigenvalue weighted by Gasteiger charge is -2.15. The van der Waals surface area contributed by atoms with Gasteiger partial charge >= 0.3 is 6.03 Å². The minimum Gasteiger partial charge on any atom is -0.351 e. The number of carbonyl (C=O) groups is 2. The fourth-order valence-corrected chi connectivity index (χ4v) is 2.35. The summed E-state index contributed by atoms with van der Waals surface area (Å²) in [6.45, 7) is 1.83. The quantitative estimate of drug-likeness (QED) is 0.749. The summed E-state index contributed by atoms with van der Waals surface area (Å²) in [5.41, 5.74) is 7.02. The molecule has 1 atom stereocenters. The highest BCUT2D eigenvalue weighted by atomic mass is 19.2. The molecule has 5 nitrogen and oxygen atoms in total. The number of urea groups is 1. The average molecular weight is 347 g/mol. The third kappa shape index (κ3) is 5.56. The van der Waals surface area contributed by atoms with E-state index in [1.165, 1.54) is 6.07 Å². The monoisotopic (exact) mass is 347 g/mol. The van der Waals surface area contributed by atoms with E-state index in [9.17, 15) is 18.4 Å². The van der Waals surface area contributed by atoms with Crippen molar-refractivity contribution in [1.82, 2.24) is 5.32 Å². The van der Waals surface area contributed by atoms with E-state index in [-0.39, 0.29) is 18.4 Å². The number of carbonyl (C=O) groups excluding carboxylic acids is 2. The second kappa shape index (κ2) is 8.23. The van der Waals surface area contributed by atoms with Crippen molar-refractivity contribution < 1.29 is 18.4 Å². The van der Waals surface area contributed by atoms with Crippen LogP contribution < -0.4 is 16.4 Å². The minimum absolute atomic E-state index is 0.163. The Kier molecular flexibility index (Phi) is 6.05. The maximum atomic E-state index is 13.1. The summed E-state index contributed by atoms with van der Waals surface area (Å²) in [7, 11) is 0. The van der Waals surface area contributed by atoms with Crippen molar-refractivity contribution in [1.29, 1.82) is 0 Å². The van der Waals surface area contributed by atoms with Crippen LogP contribution in [-0.4, -0.2) is 11.9 Å². The first kappa shape index (κ1) is 18.4. The molecule has 0 aromatic heterocycles. The van der Waals surface area contributed by atoms with Crippen molar-refractivity contribution in [2.75, 3.05) is 5.32 Å². The molecule has 0 aliphatic heterocycles. The third-order valence-corrected chi connectivity index (χ3v) is 3.68. The van der Waals surface area contributed by atoms with E-state index in [2.05, 4.69) is 10.6 Å². The van der Waals surface area contributed by atoms with E-state index in [4.69, 9.17) is 5.73 Å². The summed E-state index contributed by atoms with van der Waals surface area (Å²) < 4.78 is 26.0. The molecule has 0 spiro atoms. The molecule has 4 N–H and O–H groups in total. The molecule has 0 bridgehead atoms. The topological polar surface area (TPSA) is 84.2 Å². The molecular weight excluding hydrogens is 328 g/mol. The lowest BCUT2D eigenvalue weighted by Crippen LogP contribution is -2.26. The summed E-state index contributed by atoms with van der Waals surface area (Å²) in [6, 6.07) is 9.63. The first-order valence-corrected chi connectivity index (χ1v) is 7.75. The standard InChI is InChI=1S/C18H19F2N3O2/c1-11(13-4-6-14(7-5-13)23-18(21)25)22-17(24)9-3-12-2-8-15(19)16(20)10-12/h2,4-8,10-11H,3,9H2,1H3,(H,22,24)(H3,21,23,25). The molecule has 2 aromatic carbocycles. The van der Waals surface area contributed by atoms with Crippen molar-refractivity contribution in [3.8, 4) is 0 Å². The normalized spacial score (nSPS) is 11.6. The zero-order valence-corrected chi connectivity index (χ0v) is 13.7. The second-order valence-electron chi connectivity index (χ2n) is 5.65. The van der Waals surface area contributed by atoms with Gasteiger partial charge in [-0.2, -0.15) is 0 Å². The average Bonchev–Trinajstić information content (AvgIpc) is 2.56. The SMILES string of the molecule is CC(NC(=O)CCc1ccc(F)c(F)c1)c1ccc(NC(N)=O)cc1. The number of halogens is 2. The van der Waals surface area contributed by atoms with Crippen molar-refractivity contribution in [3.63, 3.8) is 0 Å². The summed E-state index contributed by atoms with van der Waals surface area (Å²) in [6.07, 6.45) is 0.480. The zero-order chi connectivity index (χ0) is 18.4. The molecule has 2 rings (SSSR count). The highest BCUT2D eigenvalue weighted by Crippen LogP contribution is 2.16. The second-order valence-corrected chi connectivity index (χ2v) is 5.65. The zero-order valence-electron chi connectivity index (χ0n) is 13.7. The van der Waals surface area contributed by atoms with Gasteiger partial charge in [-0.25, -0.2) is 13.6 Å². The van der Waals surface area contributed by atoms with Gasteiger partial charge in [0.2, 0.25) is 5.91 Å². The molecule has 2 aromatic rings. The number of aryl methyl sites for hydroxylation is 1. The van der Waals surface area contributed by atoms with Gasteiger partial charge in [0.1, 0.15) is 0 Å². The van der Waals surface area contributed by atoms with Gasteiger partial charge in [-0.3, -0.25) is 4.79 Å². The highest BCUT2D eigenvalue weighted by Gasteiger charge is 2.11. The lowest BCUT2D eigenvalue weighted by atomic mass is 10.1. The molecule has 7 heteroatoms. The van der Waals surface area contributed by atoms with Gasteiger partial charge in [-0.15, -0.1) is 0 Å². The molecule has 0 aliphatic rings. The number of nitrogens with two attached hydrogens (primary N) is 1. The van der Waals surface area contributed by atoms with E-state index < -0.39 is 17.7 Å². The summed E-state index contributed by atoms with van der Waals surface area (Å²) in [5.74, 6) is -2.02. The number of amides is 3. The number of primary amides is 1. The van der Waals surface area contributed by atoms with E-state index in [0.717, 1.165) is 17.7 Å². The van der Waals surface area contributed by atoms with Gasteiger partial charge in [-0.05, 0) is 48.7 Å². The minimum atomic E-state index is -0.920. The van der Waals surface area contributed by atoms with Crippen LogP contribution >= 0.6 is 0 Å². The van der Waals surface area contributed by atoms with Crippen molar-refractivity contribution in [3.05, 3.63) is 65.2 Å². The molecule has 132 valence electrons. The molecule has 0 heterocycles. The predicted octanol–water partition coefficient (Wildman–Crippen LogP) is 3.27. The van der Waals surface area contributed by atoms with Gasteiger partial charge in [0.25, 0.3) is 0 Å². The van der Waals surface area contributed by atoms with Crippen LogP contribution in [0.15, 0.2) is 42.5 Å². The van der Waals surface area contributed by atoms with E-state index in [0.29, 0.717) is 17.7 Å². The fourth-order valence-electron chi connectivity index (χ4n) is 2.35. The van der Waals surface area contributed by atoms with Crippen molar-refractivity contribution >= 4 is 17.6 Å². The molecule has 1 unspecified atom stereocenters. The third-order valence-electron chi connectivity index (χ3n) is 3.68. The van der Waals surface area contributed by atoms with Crippen molar-refractivity contribution in [2.24, 2.45) is 5.73 Å². The smallest absolute Gasteiger partial charge is 0.316 e. The molecule has 25 heavy (non-hydrogen) atoms. The Labute approximate surface area is 144 Å². The first-order valence-electron chi connectivity index (χ1n) is 7.75. The molecular formula is C18H19F2N3O2. The van der Waals surface area contributed by atoms with Gasteiger partial charge in [0, 0.05) is 12.1 Å². The summed E-state index contributed by atoms with van der Waals surface area (Å²) in [5, 5.41) is 5.29. The van der Waals surface area contributed by atoms with Crippen LogP contribution in [0.25, 0.3) is 0 Å². The Balaban J connectivity index is 1.86. The van der Waals surface area contributed by atoms with Gasteiger partial charge in [0.05, 0.1) is 6.04 Å². The van der Waals surface area contributed by atoms with Crippen LogP contribution in [0.2, 0.25) is 0 Å². The van der Waals surface area contributed by atoms with Crippen LogP contribution in [0.5, 0.6) is 0 Å². The maximum Gasteiger partial charge on any atom is 0.316 e. The van der Waals surface area contributed by atoms with Crippen LogP contribution in [-0.2, 0) is 11.2 Å². The number of nitrogens with one attached hydrogen (secondary N) is 2. The lowest BCUT2D eigenvalue weighted by molar-refractivity contribution is -0.121. The Bertz CT molecular complexity index is 763. The molecule has 0 aliphatic carbocycles. The molecule has 0 saturated heterocycles. The summed E-state index contributed by atoms with van der Waals surface area (Å²) in [4.78, 5) is 22.8. The Morgan fingerprint density at radius 3 is 2.36 bits per heavy atom. The van der Waals surface area contributed by atoms with Crippen LogP contribution in [0, 0.1) is 11.6 Å². The predicted molar refractivity (Wildman–Crippen MR) is 90.9 cm³/mol. The van der Waals surface area contributed by atoms with E-state index in [1.807, 2.05) is 6.92 Å². The Hall–Kier alpha value is -2.96. The summed E-state index contributed by atoms with van der Waals surface area (Å²) >= 11 is 0. The van der Waals surface area contributed by atoms with Gasteiger partial charge < -0.3 is 16.4 Å². The molecule has 3 amide bonds. The van der Waals surface area contributed by atoms with Crippen LogP contribution in [0.3, 0.4) is 0 Å². The maximum absolute atomic E-state index is 13.1. The number of anilines is 1. The fraction of sp³-hybridized carbons (Fsp3) is 0.222. The number of hydrogen-bond donors (Lipinski definition) is 3. The van der Waals surface area contributed by atoms with Crippen LogP contribution in [0.1, 0.15) is 30.5 Å². The number of hydrogen-bond acceptors (Lipinski definition) is 2.